The number of rotatable bonds is 5. The predicted molar refractivity (Wildman–Crippen MR) is 115 cm³/mol. The van der Waals surface area contributed by atoms with Crippen molar-refractivity contribution in [2.24, 2.45) is 13.0 Å². The van der Waals surface area contributed by atoms with Crippen LogP contribution in [0.25, 0.3) is 11.1 Å². The molecule has 0 saturated heterocycles. The zero-order valence-electron chi connectivity index (χ0n) is 17.6. The molecule has 1 amide bonds. The SMILES string of the molecule is Cn1cc(-c2cc(S(C)(=O)=O)ccc2CCC2CC2)c2c(c1=O)NC(=O)C(C)(C)O2. The van der Waals surface area contributed by atoms with E-state index in [1.54, 1.807) is 39.2 Å². The molecule has 0 spiro atoms. The highest BCUT2D eigenvalue weighted by molar-refractivity contribution is 7.90. The van der Waals surface area contributed by atoms with Gasteiger partial charge in [-0.05, 0) is 55.9 Å². The molecule has 2 aliphatic rings. The van der Waals surface area contributed by atoms with Crippen molar-refractivity contribution in [3.8, 4) is 16.9 Å². The van der Waals surface area contributed by atoms with Crippen LogP contribution >= 0.6 is 0 Å². The van der Waals surface area contributed by atoms with Gasteiger partial charge >= 0.3 is 0 Å². The molecule has 1 aromatic carbocycles. The van der Waals surface area contributed by atoms with Gasteiger partial charge in [0.05, 0.1) is 4.90 Å². The lowest BCUT2D eigenvalue weighted by Crippen LogP contribution is -2.47. The summed E-state index contributed by atoms with van der Waals surface area (Å²) in [4.78, 5) is 25.2. The second kappa shape index (κ2) is 6.97. The molecule has 1 saturated carbocycles. The molecule has 30 heavy (non-hydrogen) atoms. The number of nitrogens with zero attached hydrogens (tertiary/aromatic N) is 1. The van der Waals surface area contributed by atoms with Crippen molar-refractivity contribution in [3.63, 3.8) is 0 Å². The molecule has 1 aromatic heterocycles. The molecular formula is C22H26N2O5S. The number of hydrogen-bond acceptors (Lipinski definition) is 5. The first-order valence-electron chi connectivity index (χ1n) is 10.0. The van der Waals surface area contributed by atoms with Crippen LogP contribution in [0.5, 0.6) is 5.75 Å². The minimum atomic E-state index is -3.42. The zero-order chi connectivity index (χ0) is 21.8. The molecule has 0 radical (unpaired) electrons. The molecule has 0 bridgehead atoms. The molecule has 0 atom stereocenters. The van der Waals surface area contributed by atoms with Gasteiger partial charge in [-0.3, -0.25) is 9.59 Å². The summed E-state index contributed by atoms with van der Waals surface area (Å²) in [6, 6.07) is 5.12. The summed E-state index contributed by atoms with van der Waals surface area (Å²) >= 11 is 0. The maximum absolute atomic E-state index is 12.7. The minimum absolute atomic E-state index is 0.0808. The summed E-state index contributed by atoms with van der Waals surface area (Å²) in [6.07, 6.45) is 7.12. The van der Waals surface area contributed by atoms with Gasteiger partial charge in [-0.1, -0.05) is 18.9 Å². The standard InChI is InChI=1S/C22H26N2O5S/c1-22(2)21(26)23-18-19(29-22)17(12-24(3)20(18)25)16-11-15(30(4,27)28)10-9-14(16)8-7-13-5-6-13/h9-13H,5-8H2,1-4H3,(H,23,26). The molecule has 8 heteroatoms. The average Bonchev–Trinajstić information content (AvgIpc) is 3.48. The number of hydrogen-bond donors (Lipinski definition) is 1. The Morgan fingerprint density at radius 3 is 2.53 bits per heavy atom. The monoisotopic (exact) mass is 430 g/mol. The Balaban J connectivity index is 1.95. The normalized spacial score (nSPS) is 17.8. The minimum Gasteiger partial charge on any atom is -0.475 e. The molecule has 1 aliphatic heterocycles. The third-order valence-electron chi connectivity index (χ3n) is 5.79. The summed E-state index contributed by atoms with van der Waals surface area (Å²) in [7, 11) is -1.82. The van der Waals surface area contributed by atoms with E-state index in [4.69, 9.17) is 4.74 Å². The number of nitrogens with one attached hydrogen (secondary N) is 1. The predicted octanol–water partition coefficient (Wildman–Crippen LogP) is 2.91. The van der Waals surface area contributed by atoms with Crippen LogP contribution < -0.4 is 15.6 Å². The van der Waals surface area contributed by atoms with Crippen molar-refractivity contribution in [3.05, 3.63) is 40.3 Å². The Kier molecular flexibility index (Phi) is 4.80. The quantitative estimate of drug-likeness (QED) is 0.787. The fourth-order valence-electron chi connectivity index (χ4n) is 3.71. The van der Waals surface area contributed by atoms with Crippen LogP contribution in [0, 0.1) is 5.92 Å². The number of ether oxygens (including phenoxy) is 1. The number of benzene rings is 1. The van der Waals surface area contributed by atoms with Crippen molar-refractivity contribution in [1.29, 1.82) is 0 Å². The van der Waals surface area contributed by atoms with E-state index in [1.807, 2.05) is 6.07 Å². The van der Waals surface area contributed by atoms with Crippen LogP contribution in [0.15, 0.2) is 34.1 Å². The number of sulfone groups is 1. The van der Waals surface area contributed by atoms with Crippen LogP contribution in [-0.2, 0) is 28.1 Å². The summed E-state index contributed by atoms with van der Waals surface area (Å²) < 4.78 is 31.8. The second-order valence-corrected chi connectivity index (χ2v) is 10.8. The number of aryl methyl sites for hydroxylation is 2. The highest BCUT2D eigenvalue weighted by atomic mass is 32.2. The Bertz CT molecular complexity index is 1210. The first-order chi connectivity index (χ1) is 14.0. The maximum atomic E-state index is 12.7. The largest absolute Gasteiger partial charge is 0.475 e. The number of aromatic nitrogens is 1. The van der Waals surface area contributed by atoms with Crippen LogP contribution in [-0.4, -0.2) is 30.7 Å². The van der Waals surface area contributed by atoms with E-state index < -0.39 is 21.3 Å². The molecule has 1 fully saturated rings. The first-order valence-corrected chi connectivity index (χ1v) is 11.9. The van der Waals surface area contributed by atoms with E-state index in [1.165, 1.54) is 23.7 Å². The van der Waals surface area contributed by atoms with E-state index in [2.05, 4.69) is 5.32 Å². The summed E-state index contributed by atoms with van der Waals surface area (Å²) in [5.74, 6) is 0.597. The molecule has 0 unspecified atom stereocenters. The van der Waals surface area contributed by atoms with Crippen molar-refractivity contribution < 1.29 is 17.9 Å². The van der Waals surface area contributed by atoms with Gasteiger partial charge in [-0.2, -0.15) is 0 Å². The van der Waals surface area contributed by atoms with E-state index >= 15 is 0 Å². The molecular weight excluding hydrogens is 404 g/mol. The van der Waals surface area contributed by atoms with E-state index in [0.717, 1.165) is 24.3 Å². The lowest BCUT2D eigenvalue weighted by atomic mass is 9.94. The van der Waals surface area contributed by atoms with Crippen LogP contribution in [0.2, 0.25) is 0 Å². The van der Waals surface area contributed by atoms with Gasteiger partial charge in [-0.25, -0.2) is 8.42 Å². The van der Waals surface area contributed by atoms with E-state index in [0.29, 0.717) is 11.1 Å². The molecule has 1 N–H and O–H groups in total. The van der Waals surface area contributed by atoms with Gasteiger partial charge in [0.2, 0.25) is 0 Å². The van der Waals surface area contributed by atoms with Gasteiger partial charge in [-0.15, -0.1) is 0 Å². The van der Waals surface area contributed by atoms with E-state index in [9.17, 15) is 18.0 Å². The number of amides is 1. The number of pyridine rings is 1. The molecule has 1 aliphatic carbocycles. The number of fused-ring (bicyclic) bond motifs is 1. The van der Waals surface area contributed by atoms with Crippen molar-refractivity contribution in [2.45, 2.75) is 50.0 Å². The summed E-state index contributed by atoms with van der Waals surface area (Å²) in [6.45, 7) is 3.26. The Morgan fingerprint density at radius 1 is 1.20 bits per heavy atom. The zero-order valence-corrected chi connectivity index (χ0v) is 18.4. The lowest BCUT2D eigenvalue weighted by Gasteiger charge is -2.33. The van der Waals surface area contributed by atoms with Crippen molar-refractivity contribution >= 4 is 21.4 Å². The van der Waals surface area contributed by atoms with Gasteiger partial charge in [0.1, 0.15) is 0 Å². The number of carbonyl (C=O) groups is 1. The Hall–Kier alpha value is -2.61. The fraction of sp³-hybridized carbons (Fsp3) is 0.455. The Morgan fingerprint density at radius 2 is 1.90 bits per heavy atom. The van der Waals surface area contributed by atoms with Crippen molar-refractivity contribution in [1.82, 2.24) is 4.57 Å². The van der Waals surface area contributed by atoms with Gasteiger partial charge in [0.25, 0.3) is 11.5 Å². The van der Waals surface area contributed by atoms with E-state index in [-0.39, 0.29) is 21.9 Å². The highest BCUT2D eigenvalue weighted by Gasteiger charge is 2.38. The highest BCUT2D eigenvalue weighted by Crippen LogP contribution is 2.42. The average molecular weight is 431 g/mol. The van der Waals surface area contributed by atoms with Crippen LogP contribution in [0.1, 0.15) is 38.7 Å². The Labute approximate surface area is 176 Å². The van der Waals surface area contributed by atoms with Crippen LogP contribution in [0.4, 0.5) is 5.69 Å². The lowest BCUT2D eigenvalue weighted by molar-refractivity contribution is -0.129. The van der Waals surface area contributed by atoms with Gasteiger partial charge in [0, 0.05) is 25.1 Å². The number of anilines is 1. The second-order valence-electron chi connectivity index (χ2n) is 8.80. The molecule has 160 valence electrons. The fourth-order valence-corrected chi connectivity index (χ4v) is 4.36. The third-order valence-corrected chi connectivity index (χ3v) is 6.90. The smallest absolute Gasteiger partial charge is 0.277 e. The van der Waals surface area contributed by atoms with Crippen molar-refractivity contribution in [2.75, 3.05) is 11.6 Å². The molecule has 4 rings (SSSR count). The summed E-state index contributed by atoms with van der Waals surface area (Å²) in [5, 5.41) is 2.68. The molecule has 2 aromatic rings. The molecule has 2 heterocycles. The topological polar surface area (TPSA) is 94.5 Å². The maximum Gasteiger partial charge on any atom is 0.277 e. The third kappa shape index (κ3) is 3.76. The molecule has 7 nitrogen and oxygen atoms in total. The van der Waals surface area contributed by atoms with Gasteiger partial charge in [0.15, 0.2) is 26.9 Å². The van der Waals surface area contributed by atoms with Crippen LogP contribution in [0.3, 0.4) is 0 Å². The first kappa shape index (κ1) is 20.7. The van der Waals surface area contributed by atoms with Gasteiger partial charge < -0.3 is 14.6 Å². The summed E-state index contributed by atoms with van der Waals surface area (Å²) in [5.41, 5.74) is 0.840. The number of carbonyl (C=O) groups excluding carboxylic acids is 1.